The van der Waals surface area contributed by atoms with Crippen LogP contribution < -0.4 is 0 Å². The van der Waals surface area contributed by atoms with Crippen molar-refractivity contribution < 1.29 is 28.6 Å². The Kier molecular flexibility index (Phi) is 52.3. The summed E-state index contributed by atoms with van der Waals surface area (Å²) >= 11 is 0. The van der Waals surface area contributed by atoms with Gasteiger partial charge in [-0.2, -0.15) is 0 Å². The molecule has 0 aromatic rings. The average molecular weight is 924 g/mol. The van der Waals surface area contributed by atoms with E-state index in [1.165, 1.54) is 135 Å². The lowest BCUT2D eigenvalue weighted by Crippen LogP contribution is -2.30. The maximum Gasteiger partial charge on any atom is 0.306 e. The summed E-state index contributed by atoms with van der Waals surface area (Å²) in [4.78, 5) is 38.1. The van der Waals surface area contributed by atoms with Crippen LogP contribution in [0.5, 0.6) is 0 Å². The Morgan fingerprint density at radius 3 is 0.955 bits per heavy atom. The van der Waals surface area contributed by atoms with E-state index in [0.29, 0.717) is 19.3 Å². The normalized spacial score (nSPS) is 12.5. The fraction of sp³-hybridized carbons (Fsp3) is 0.783. The Bertz CT molecular complexity index is 1200. The molecular weight excluding hydrogens is 817 g/mol. The van der Waals surface area contributed by atoms with E-state index in [9.17, 15) is 14.4 Å². The van der Waals surface area contributed by atoms with Gasteiger partial charge in [-0.3, -0.25) is 14.4 Å². The van der Waals surface area contributed by atoms with Crippen LogP contribution in [0.25, 0.3) is 0 Å². The van der Waals surface area contributed by atoms with E-state index in [4.69, 9.17) is 14.2 Å². The number of ether oxygens (including phenoxy) is 3. The summed E-state index contributed by atoms with van der Waals surface area (Å²) in [5.41, 5.74) is 0. The van der Waals surface area contributed by atoms with E-state index in [-0.39, 0.29) is 31.1 Å². The molecule has 6 heteroatoms. The topological polar surface area (TPSA) is 78.9 Å². The predicted molar refractivity (Wildman–Crippen MR) is 284 cm³/mol. The smallest absolute Gasteiger partial charge is 0.306 e. The minimum absolute atomic E-state index is 0.0818. The lowest BCUT2D eigenvalue weighted by atomic mass is 10.0. The van der Waals surface area contributed by atoms with Crippen LogP contribution in [0.3, 0.4) is 0 Å². The summed E-state index contributed by atoms with van der Waals surface area (Å²) in [7, 11) is 0. The zero-order chi connectivity index (χ0) is 47.9. The molecule has 0 aromatic heterocycles. The van der Waals surface area contributed by atoms with Crippen molar-refractivity contribution in [2.24, 2.45) is 0 Å². The molecule has 1 atom stereocenters. The highest BCUT2D eigenvalue weighted by molar-refractivity contribution is 5.71. The number of rotatable bonds is 51. The van der Waals surface area contributed by atoms with E-state index in [1.54, 1.807) is 0 Å². The number of esters is 3. The van der Waals surface area contributed by atoms with Gasteiger partial charge >= 0.3 is 17.9 Å². The first-order valence-electron chi connectivity index (χ1n) is 28.3. The maximum absolute atomic E-state index is 12.8. The average Bonchev–Trinajstić information content (AvgIpc) is 3.31. The van der Waals surface area contributed by atoms with Gasteiger partial charge in [-0.15, -0.1) is 0 Å². The van der Waals surface area contributed by atoms with Crippen LogP contribution in [0.15, 0.2) is 60.8 Å². The standard InChI is InChI=1S/C60H106O6/c1-4-7-10-13-16-19-22-25-28-30-33-35-38-41-44-47-50-53-59(62)65-56-57(55-64-58(61)52-49-46-43-40-37-34-31-27-24-21-18-15-12-9-6-3)66-60(63)54-51-48-45-42-39-36-32-29-26-23-20-17-14-11-8-5-2/h9,12,16,18-19,21,25,27-28,31,57H,4-8,10-11,13-15,17,20,22-24,26,29-30,32-56H2,1-3H3/b12-9-,19-16-,21-18-,28-25-,31-27-. The fourth-order valence-electron chi connectivity index (χ4n) is 8.02. The van der Waals surface area contributed by atoms with Crippen molar-refractivity contribution in [1.82, 2.24) is 0 Å². The van der Waals surface area contributed by atoms with Crippen molar-refractivity contribution in [1.29, 1.82) is 0 Å². The van der Waals surface area contributed by atoms with Crippen LogP contribution in [-0.2, 0) is 28.6 Å². The van der Waals surface area contributed by atoms with Crippen LogP contribution in [0.1, 0.15) is 284 Å². The molecule has 0 saturated heterocycles. The minimum atomic E-state index is -0.783. The molecule has 0 N–H and O–H groups in total. The van der Waals surface area contributed by atoms with Gasteiger partial charge in [0.25, 0.3) is 0 Å². The SMILES string of the molecule is CC/C=C\C/C=C\C/C=C\CCCCCCCC(=O)OCC(COC(=O)CCCCCCCCC/C=C\C/C=C\CCCCC)OC(=O)CCCCCCCCCCCCCCCCCC. The van der Waals surface area contributed by atoms with Crippen LogP contribution in [0, 0.1) is 0 Å². The maximum atomic E-state index is 12.8. The molecule has 0 bridgehead atoms. The van der Waals surface area contributed by atoms with E-state index < -0.39 is 6.10 Å². The van der Waals surface area contributed by atoms with Gasteiger partial charge in [0, 0.05) is 19.3 Å². The second-order valence-electron chi connectivity index (χ2n) is 18.8. The molecule has 0 aliphatic heterocycles. The third kappa shape index (κ3) is 52.1. The zero-order valence-electron chi connectivity index (χ0n) is 43.7. The number of carbonyl (C=O) groups is 3. The number of hydrogen-bond donors (Lipinski definition) is 0. The molecule has 0 aliphatic carbocycles. The lowest BCUT2D eigenvalue weighted by Gasteiger charge is -2.18. The molecule has 382 valence electrons. The van der Waals surface area contributed by atoms with Crippen LogP contribution >= 0.6 is 0 Å². The van der Waals surface area contributed by atoms with E-state index in [2.05, 4.69) is 81.5 Å². The van der Waals surface area contributed by atoms with Gasteiger partial charge in [0.1, 0.15) is 13.2 Å². The Labute approximate surface area is 409 Å². The van der Waals surface area contributed by atoms with Crippen molar-refractivity contribution in [2.45, 2.75) is 290 Å². The minimum Gasteiger partial charge on any atom is -0.462 e. The summed E-state index contributed by atoms with van der Waals surface area (Å²) in [6, 6.07) is 0. The summed E-state index contributed by atoms with van der Waals surface area (Å²) in [5.74, 6) is -0.894. The monoisotopic (exact) mass is 923 g/mol. The number of allylic oxidation sites excluding steroid dienone is 10. The molecular formula is C60H106O6. The molecule has 0 radical (unpaired) electrons. The van der Waals surface area contributed by atoms with Crippen LogP contribution in [0.2, 0.25) is 0 Å². The highest BCUT2D eigenvalue weighted by Crippen LogP contribution is 2.16. The third-order valence-corrected chi connectivity index (χ3v) is 12.3. The van der Waals surface area contributed by atoms with Gasteiger partial charge in [-0.05, 0) is 83.5 Å². The number of hydrogen-bond acceptors (Lipinski definition) is 6. The molecule has 0 saturated carbocycles. The van der Waals surface area contributed by atoms with E-state index in [1.807, 2.05) is 0 Å². The molecule has 1 unspecified atom stereocenters. The molecule has 0 rings (SSSR count). The second kappa shape index (κ2) is 54.7. The van der Waals surface area contributed by atoms with Gasteiger partial charge in [0.2, 0.25) is 0 Å². The summed E-state index contributed by atoms with van der Waals surface area (Å²) < 4.78 is 16.9. The Balaban J connectivity index is 4.39. The summed E-state index contributed by atoms with van der Waals surface area (Å²) in [6.45, 7) is 6.51. The molecule has 0 aliphatic rings. The lowest BCUT2D eigenvalue weighted by molar-refractivity contribution is -0.167. The predicted octanol–water partition coefficient (Wildman–Crippen LogP) is 18.8. The van der Waals surface area contributed by atoms with Gasteiger partial charge < -0.3 is 14.2 Å². The van der Waals surface area contributed by atoms with Crippen molar-refractivity contribution in [3.63, 3.8) is 0 Å². The van der Waals surface area contributed by atoms with Gasteiger partial charge in [-0.25, -0.2) is 0 Å². The Morgan fingerprint density at radius 1 is 0.318 bits per heavy atom. The first-order valence-corrected chi connectivity index (χ1v) is 28.3. The van der Waals surface area contributed by atoms with Crippen LogP contribution in [0.4, 0.5) is 0 Å². The molecule has 6 nitrogen and oxygen atoms in total. The second-order valence-corrected chi connectivity index (χ2v) is 18.8. The zero-order valence-corrected chi connectivity index (χ0v) is 43.7. The summed E-state index contributed by atoms with van der Waals surface area (Å²) in [6.07, 6.45) is 67.7. The van der Waals surface area contributed by atoms with Gasteiger partial charge in [0.05, 0.1) is 0 Å². The van der Waals surface area contributed by atoms with Gasteiger partial charge in [-0.1, -0.05) is 242 Å². The van der Waals surface area contributed by atoms with Crippen molar-refractivity contribution in [3.05, 3.63) is 60.8 Å². The molecule has 66 heavy (non-hydrogen) atoms. The Morgan fingerprint density at radius 2 is 0.591 bits per heavy atom. The molecule has 0 aromatic carbocycles. The largest absolute Gasteiger partial charge is 0.462 e. The van der Waals surface area contributed by atoms with Crippen molar-refractivity contribution in [2.75, 3.05) is 13.2 Å². The molecule has 0 fully saturated rings. The Hall–Kier alpha value is -2.89. The molecule has 0 amide bonds. The summed E-state index contributed by atoms with van der Waals surface area (Å²) in [5, 5.41) is 0. The van der Waals surface area contributed by atoms with E-state index in [0.717, 1.165) is 109 Å². The molecule has 0 heterocycles. The van der Waals surface area contributed by atoms with E-state index >= 15 is 0 Å². The fourth-order valence-corrected chi connectivity index (χ4v) is 8.02. The highest BCUT2D eigenvalue weighted by atomic mass is 16.6. The van der Waals surface area contributed by atoms with Gasteiger partial charge in [0.15, 0.2) is 6.10 Å². The first kappa shape index (κ1) is 63.1. The number of unbranched alkanes of at least 4 members (excludes halogenated alkanes) is 30. The van der Waals surface area contributed by atoms with Crippen molar-refractivity contribution in [3.8, 4) is 0 Å². The highest BCUT2D eigenvalue weighted by Gasteiger charge is 2.19. The molecule has 0 spiro atoms. The first-order chi connectivity index (χ1) is 32.5. The quantitative estimate of drug-likeness (QED) is 0.0262. The van der Waals surface area contributed by atoms with Crippen LogP contribution in [-0.4, -0.2) is 37.2 Å². The van der Waals surface area contributed by atoms with Crippen molar-refractivity contribution >= 4 is 17.9 Å². The number of carbonyl (C=O) groups excluding carboxylic acids is 3. The third-order valence-electron chi connectivity index (χ3n) is 12.3.